The molecule has 27 heavy (non-hydrogen) atoms. The van der Waals surface area contributed by atoms with Crippen LogP contribution in [-0.4, -0.2) is 74.6 Å². The highest BCUT2D eigenvalue weighted by Gasteiger charge is 2.24. The van der Waals surface area contributed by atoms with E-state index in [9.17, 15) is 0 Å². The minimum absolute atomic E-state index is 0.548. The Balaban J connectivity index is 1.62. The van der Waals surface area contributed by atoms with E-state index in [1.165, 1.54) is 12.8 Å². The lowest BCUT2D eigenvalue weighted by Gasteiger charge is -2.30. The fourth-order valence-electron chi connectivity index (χ4n) is 3.27. The van der Waals surface area contributed by atoms with Gasteiger partial charge in [0, 0.05) is 44.3 Å². The van der Waals surface area contributed by atoms with Gasteiger partial charge in [-0.1, -0.05) is 0 Å². The van der Waals surface area contributed by atoms with Crippen LogP contribution in [0.2, 0.25) is 0 Å². The highest BCUT2D eigenvalue weighted by molar-refractivity contribution is 7.80. The molecule has 0 unspecified atom stereocenters. The van der Waals surface area contributed by atoms with Crippen LogP contribution >= 0.6 is 12.2 Å². The van der Waals surface area contributed by atoms with Crippen molar-refractivity contribution in [3.63, 3.8) is 0 Å². The topological polar surface area (TPSA) is 46.2 Å². The number of hydrogen-bond acceptors (Lipinski definition) is 5. The molecule has 1 heterocycles. The first-order valence-corrected chi connectivity index (χ1v) is 10.2. The molecule has 7 heteroatoms. The molecular weight excluding hydrogens is 362 g/mol. The minimum atomic E-state index is 0.548. The smallest absolute Gasteiger partial charge is 0.169 e. The molecule has 1 aromatic carbocycles. The van der Waals surface area contributed by atoms with Gasteiger partial charge in [0.1, 0.15) is 11.5 Å². The molecule has 0 radical (unpaired) electrons. The Kier molecular flexibility index (Phi) is 7.55. The summed E-state index contributed by atoms with van der Waals surface area (Å²) in [4.78, 5) is 4.72. The molecule has 1 aromatic rings. The average molecular weight is 394 g/mol. The second-order valence-corrected chi connectivity index (χ2v) is 7.52. The molecule has 1 N–H and O–H groups in total. The van der Waals surface area contributed by atoms with E-state index < -0.39 is 0 Å². The Morgan fingerprint density at radius 2 is 2.04 bits per heavy atom. The third kappa shape index (κ3) is 6.23. The maximum atomic E-state index is 5.71. The van der Waals surface area contributed by atoms with Crippen molar-refractivity contribution in [1.82, 2.24) is 15.1 Å². The molecule has 0 atom stereocenters. The number of nitrogens with one attached hydrogen (secondary N) is 1. The molecule has 1 saturated carbocycles. The quantitative estimate of drug-likeness (QED) is 0.646. The molecule has 3 rings (SSSR count). The summed E-state index contributed by atoms with van der Waals surface area (Å²) in [6, 6.07) is 6.46. The van der Waals surface area contributed by atoms with E-state index in [0.717, 1.165) is 68.0 Å². The maximum Gasteiger partial charge on any atom is 0.169 e. The standard InChI is InChI=1S/C20H31N3O3S/c1-24-18-6-7-19(25-2)16(14-18)15-23(20(27)21-17-4-5-17)9-3-8-22-10-12-26-13-11-22/h6-7,14,17H,3-5,8-13,15H2,1-2H3,(H,21,27). The number of thiocarbonyl (C=S) groups is 1. The van der Waals surface area contributed by atoms with Crippen LogP contribution in [0.25, 0.3) is 0 Å². The van der Waals surface area contributed by atoms with Crippen molar-refractivity contribution >= 4 is 17.3 Å². The number of methoxy groups -OCH3 is 2. The van der Waals surface area contributed by atoms with Gasteiger partial charge in [-0.25, -0.2) is 0 Å². The van der Waals surface area contributed by atoms with Crippen molar-refractivity contribution in [2.45, 2.75) is 31.8 Å². The van der Waals surface area contributed by atoms with E-state index in [0.29, 0.717) is 12.6 Å². The number of nitrogens with zero attached hydrogens (tertiary/aromatic N) is 2. The lowest BCUT2D eigenvalue weighted by molar-refractivity contribution is 0.0367. The van der Waals surface area contributed by atoms with Crippen LogP contribution in [0.3, 0.4) is 0 Å². The zero-order valence-electron chi connectivity index (χ0n) is 16.4. The number of benzene rings is 1. The molecule has 0 bridgehead atoms. The van der Waals surface area contributed by atoms with Gasteiger partial charge in [-0.05, 0) is 49.7 Å². The summed E-state index contributed by atoms with van der Waals surface area (Å²) in [5, 5.41) is 4.32. The molecule has 2 fully saturated rings. The van der Waals surface area contributed by atoms with E-state index in [1.54, 1.807) is 14.2 Å². The van der Waals surface area contributed by atoms with Gasteiger partial charge in [0.2, 0.25) is 0 Å². The highest BCUT2D eigenvalue weighted by Crippen LogP contribution is 2.26. The maximum absolute atomic E-state index is 5.71. The van der Waals surface area contributed by atoms with Crippen LogP contribution in [0.4, 0.5) is 0 Å². The zero-order valence-corrected chi connectivity index (χ0v) is 17.2. The van der Waals surface area contributed by atoms with Gasteiger partial charge < -0.3 is 24.4 Å². The molecule has 1 saturated heterocycles. The van der Waals surface area contributed by atoms with E-state index in [4.69, 9.17) is 26.4 Å². The summed E-state index contributed by atoms with van der Waals surface area (Å²) in [7, 11) is 3.39. The number of morpholine rings is 1. The summed E-state index contributed by atoms with van der Waals surface area (Å²) in [6.45, 7) is 6.42. The number of ether oxygens (including phenoxy) is 3. The molecule has 6 nitrogen and oxygen atoms in total. The van der Waals surface area contributed by atoms with Gasteiger partial charge in [-0.2, -0.15) is 0 Å². The van der Waals surface area contributed by atoms with Gasteiger partial charge >= 0.3 is 0 Å². The number of hydrogen-bond donors (Lipinski definition) is 1. The third-order valence-corrected chi connectivity index (χ3v) is 5.42. The minimum Gasteiger partial charge on any atom is -0.497 e. The first kappa shape index (κ1) is 20.2. The SMILES string of the molecule is COc1ccc(OC)c(CN(CCCN2CCOCC2)C(=S)NC2CC2)c1. The first-order valence-electron chi connectivity index (χ1n) is 9.76. The molecule has 2 aliphatic rings. The molecular formula is C20H31N3O3S. The van der Waals surface area contributed by atoms with E-state index in [-0.39, 0.29) is 0 Å². The van der Waals surface area contributed by atoms with Crippen molar-refractivity contribution in [2.24, 2.45) is 0 Å². The lowest BCUT2D eigenvalue weighted by atomic mass is 10.1. The molecule has 0 spiro atoms. The van der Waals surface area contributed by atoms with Crippen molar-refractivity contribution in [3.8, 4) is 11.5 Å². The fraction of sp³-hybridized carbons (Fsp3) is 0.650. The van der Waals surface area contributed by atoms with E-state index >= 15 is 0 Å². The van der Waals surface area contributed by atoms with Crippen LogP contribution in [0.15, 0.2) is 18.2 Å². The van der Waals surface area contributed by atoms with Crippen LogP contribution in [0.5, 0.6) is 11.5 Å². The Bertz CT molecular complexity index is 618. The number of rotatable bonds is 9. The summed E-state index contributed by atoms with van der Waals surface area (Å²) < 4.78 is 16.4. The molecule has 0 aromatic heterocycles. The van der Waals surface area contributed by atoms with E-state index in [1.807, 2.05) is 18.2 Å². The monoisotopic (exact) mass is 393 g/mol. The van der Waals surface area contributed by atoms with Gasteiger partial charge in [0.15, 0.2) is 5.11 Å². The Morgan fingerprint density at radius 1 is 1.26 bits per heavy atom. The molecule has 1 aliphatic heterocycles. The molecule has 150 valence electrons. The van der Waals surface area contributed by atoms with Gasteiger partial charge in [-0.15, -0.1) is 0 Å². The van der Waals surface area contributed by atoms with Crippen LogP contribution < -0.4 is 14.8 Å². The van der Waals surface area contributed by atoms with Crippen LogP contribution in [0, 0.1) is 0 Å². The van der Waals surface area contributed by atoms with Crippen molar-refractivity contribution < 1.29 is 14.2 Å². The van der Waals surface area contributed by atoms with Crippen LogP contribution in [-0.2, 0) is 11.3 Å². The van der Waals surface area contributed by atoms with Gasteiger partial charge in [-0.3, -0.25) is 4.90 Å². The zero-order chi connectivity index (χ0) is 19.1. The second-order valence-electron chi connectivity index (χ2n) is 7.13. The highest BCUT2D eigenvalue weighted by atomic mass is 32.1. The Morgan fingerprint density at radius 3 is 2.70 bits per heavy atom. The van der Waals surface area contributed by atoms with Crippen molar-refractivity contribution in [3.05, 3.63) is 23.8 Å². The van der Waals surface area contributed by atoms with E-state index in [2.05, 4.69) is 15.1 Å². The summed E-state index contributed by atoms with van der Waals surface area (Å²) in [5.41, 5.74) is 1.09. The van der Waals surface area contributed by atoms with Crippen LogP contribution in [0.1, 0.15) is 24.8 Å². The van der Waals surface area contributed by atoms with Crippen molar-refractivity contribution in [1.29, 1.82) is 0 Å². The third-order valence-electron chi connectivity index (χ3n) is 5.05. The van der Waals surface area contributed by atoms with Gasteiger partial charge in [0.25, 0.3) is 0 Å². The molecule has 1 aliphatic carbocycles. The Hall–Kier alpha value is -1.57. The predicted molar refractivity (Wildman–Crippen MR) is 111 cm³/mol. The first-order chi connectivity index (χ1) is 13.2. The lowest BCUT2D eigenvalue weighted by Crippen LogP contribution is -2.42. The predicted octanol–water partition coefficient (Wildman–Crippen LogP) is 2.27. The van der Waals surface area contributed by atoms with Crippen molar-refractivity contribution in [2.75, 3.05) is 53.6 Å². The Labute approximate surface area is 167 Å². The normalized spacial score (nSPS) is 17.4. The second kappa shape index (κ2) is 10.1. The fourth-order valence-corrected chi connectivity index (χ4v) is 3.59. The summed E-state index contributed by atoms with van der Waals surface area (Å²) in [5.74, 6) is 1.70. The van der Waals surface area contributed by atoms with Gasteiger partial charge in [0.05, 0.1) is 27.4 Å². The molecule has 0 amide bonds. The largest absolute Gasteiger partial charge is 0.497 e. The average Bonchev–Trinajstić information content (AvgIpc) is 3.51. The summed E-state index contributed by atoms with van der Waals surface area (Å²) in [6.07, 6.45) is 3.49. The summed E-state index contributed by atoms with van der Waals surface area (Å²) >= 11 is 5.71.